The molecule has 0 saturated carbocycles. The highest BCUT2D eigenvalue weighted by molar-refractivity contribution is 7.90. The van der Waals surface area contributed by atoms with Gasteiger partial charge in [-0.3, -0.25) is 10.1 Å². The molecule has 23 heavy (non-hydrogen) atoms. The minimum Gasteiger partial charge on any atom is -0.373 e. The fourth-order valence-electron chi connectivity index (χ4n) is 2.08. The lowest BCUT2D eigenvalue weighted by Gasteiger charge is -2.16. The van der Waals surface area contributed by atoms with E-state index in [-0.39, 0.29) is 22.3 Å². The molecule has 0 unspecified atom stereocenters. The van der Waals surface area contributed by atoms with Crippen molar-refractivity contribution in [1.29, 1.82) is 0 Å². The molecule has 0 spiro atoms. The Hall–Kier alpha value is -2.12. The van der Waals surface area contributed by atoms with Crippen LogP contribution in [0.2, 0.25) is 5.02 Å². The molecule has 122 valence electrons. The van der Waals surface area contributed by atoms with Gasteiger partial charge in [0.25, 0.3) is 5.69 Å². The minimum atomic E-state index is -3.51. The first-order chi connectivity index (χ1) is 10.7. The number of nitro groups is 1. The molecule has 1 N–H and O–H groups in total. The van der Waals surface area contributed by atoms with Gasteiger partial charge in [0.2, 0.25) is 0 Å². The summed E-state index contributed by atoms with van der Waals surface area (Å²) in [5, 5.41) is 14.8. The number of nitrogens with zero attached hydrogens (tertiary/aromatic N) is 1. The highest BCUT2D eigenvalue weighted by Gasteiger charge is 2.20. The van der Waals surface area contributed by atoms with Gasteiger partial charge in [-0.25, -0.2) is 8.42 Å². The van der Waals surface area contributed by atoms with Gasteiger partial charge in [-0.15, -0.1) is 0 Å². The number of sulfone groups is 1. The first-order valence-corrected chi connectivity index (χ1v) is 8.96. The summed E-state index contributed by atoms with van der Waals surface area (Å²) in [5.74, 6) is 0. The molecule has 0 fully saturated rings. The number of nitro benzene ring substituents is 1. The first-order valence-electron chi connectivity index (χ1n) is 6.69. The molecule has 6 nitrogen and oxygen atoms in total. The van der Waals surface area contributed by atoms with Gasteiger partial charge in [-0.05, 0) is 36.8 Å². The summed E-state index contributed by atoms with van der Waals surface area (Å²) < 4.78 is 23.1. The molecule has 8 heteroatoms. The van der Waals surface area contributed by atoms with Gasteiger partial charge in [0.1, 0.15) is 5.69 Å². The average Bonchev–Trinajstić information content (AvgIpc) is 2.46. The van der Waals surface area contributed by atoms with Crippen molar-refractivity contribution in [2.75, 3.05) is 11.6 Å². The summed E-state index contributed by atoms with van der Waals surface area (Å²) in [6.45, 7) is 1.84. The second-order valence-corrected chi connectivity index (χ2v) is 7.58. The quantitative estimate of drug-likeness (QED) is 0.651. The first kappa shape index (κ1) is 17.2. The monoisotopic (exact) mass is 354 g/mol. The van der Waals surface area contributed by atoms with E-state index in [2.05, 4.69) is 5.32 Å². The maximum Gasteiger partial charge on any atom is 0.293 e. The summed E-state index contributed by atoms with van der Waals surface area (Å²) in [6, 6.07) is 10.7. The molecule has 2 aromatic rings. The lowest BCUT2D eigenvalue weighted by atomic mass is 10.1. The Kier molecular flexibility index (Phi) is 4.91. The van der Waals surface area contributed by atoms with E-state index in [1.807, 2.05) is 19.1 Å². The molecule has 0 aliphatic carbocycles. The Bertz CT molecular complexity index is 835. The van der Waals surface area contributed by atoms with Crippen LogP contribution < -0.4 is 5.32 Å². The highest BCUT2D eigenvalue weighted by atomic mass is 35.5. The van der Waals surface area contributed by atoms with Gasteiger partial charge in [0.15, 0.2) is 9.84 Å². The van der Waals surface area contributed by atoms with Crippen LogP contribution in [-0.4, -0.2) is 19.6 Å². The van der Waals surface area contributed by atoms with Gasteiger partial charge < -0.3 is 5.32 Å². The van der Waals surface area contributed by atoms with Crippen LogP contribution in [0.25, 0.3) is 0 Å². The van der Waals surface area contributed by atoms with Gasteiger partial charge >= 0.3 is 0 Å². The molecular weight excluding hydrogens is 340 g/mol. The Balaban J connectivity index is 2.35. The third kappa shape index (κ3) is 4.20. The van der Waals surface area contributed by atoms with Gasteiger partial charge in [-0.2, -0.15) is 0 Å². The van der Waals surface area contributed by atoms with Crippen LogP contribution in [0.5, 0.6) is 0 Å². The molecule has 0 bridgehead atoms. The summed E-state index contributed by atoms with van der Waals surface area (Å²) in [6.07, 6.45) is 1.01. The Morgan fingerprint density at radius 1 is 1.17 bits per heavy atom. The summed E-state index contributed by atoms with van der Waals surface area (Å²) in [4.78, 5) is 10.5. The standard InChI is InChI=1S/C15H15ClN2O4S/c1-10(11-3-5-12(16)6-4-11)17-14-8-7-13(23(2,21)22)9-15(14)18(19)20/h3-10,17H,1-2H3/t10-/m0/s1. The smallest absolute Gasteiger partial charge is 0.293 e. The molecule has 0 radical (unpaired) electrons. The Morgan fingerprint density at radius 3 is 2.30 bits per heavy atom. The number of anilines is 1. The normalized spacial score (nSPS) is 12.7. The second kappa shape index (κ2) is 6.55. The van der Waals surface area contributed by atoms with E-state index in [0.717, 1.165) is 17.9 Å². The van der Waals surface area contributed by atoms with Crippen molar-refractivity contribution >= 4 is 32.8 Å². The predicted octanol–water partition coefficient (Wildman–Crippen LogP) is 3.82. The second-order valence-electron chi connectivity index (χ2n) is 5.13. The van der Waals surface area contributed by atoms with Crippen molar-refractivity contribution < 1.29 is 13.3 Å². The Morgan fingerprint density at radius 2 is 1.78 bits per heavy atom. The van der Waals surface area contributed by atoms with E-state index in [1.54, 1.807) is 12.1 Å². The van der Waals surface area contributed by atoms with Gasteiger partial charge in [0, 0.05) is 23.4 Å². The SMILES string of the molecule is C[C@H](Nc1ccc(S(C)(=O)=O)cc1[N+](=O)[O-])c1ccc(Cl)cc1. The number of nitrogens with one attached hydrogen (secondary N) is 1. The molecule has 0 aromatic heterocycles. The molecule has 0 saturated heterocycles. The highest BCUT2D eigenvalue weighted by Crippen LogP contribution is 2.30. The molecule has 1 atom stereocenters. The summed E-state index contributed by atoms with van der Waals surface area (Å²) >= 11 is 5.84. The Labute approximate surface area is 139 Å². The number of halogens is 1. The number of rotatable bonds is 5. The third-order valence-corrected chi connectivity index (χ3v) is 4.70. The van der Waals surface area contributed by atoms with Crippen molar-refractivity contribution in [1.82, 2.24) is 0 Å². The fourth-order valence-corrected chi connectivity index (χ4v) is 2.85. The lowest BCUT2D eigenvalue weighted by molar-refractivity contribution is -0.384. The lowest BCUT2D eigenvalue weighted by Crippen LogP contribution is -2.09. The van der Waals surface area contributed by atoms with Crippen molar-refractivity contribution in [3.05, 3.63) is 63.2 Å². The van der Waals surface area contributed by atoms with Crippen molar-refractivity contribution in [3.63, 3.8) is 0 Å². The largest absolute Gasteiger partial charge is 0.373 e. The molecule has 2 rings (SSSR count). The fraction of sp³-hybridized carbons (Fsp3) is 0.200. The zero-order valence-electron chi connectivity index (χ0n) is 12.5. The molecule has 0 amide bonds. The van der Waals surface area contributed by atoms with Crippen LogP contribution in [0.3, 0.4) is 0 Å². The zero-order valence-corrected chi connectivity index (χ0v) is 14.1. The van der Waals surface area contributed by atoms with Crippen LogP contribution in [0.4, 0.5) is 11.4 Å². The van der Waals surface area contributed by atoms with Crippen LogP contribution in [0, 0.1) is 10.1 Å². The predicted molar refractivity (Wildman–Crippen MR) is 89.7 cm³/mol. The van der Waals surface area contributed by atoms with Crippen molar-refractivity contribution in [3.8, 4) is 0 Å². The molecule has 0 aliphatic heterocycles. The molecule has 0 heterocycles. The van der Waals surface area contributed by atoms with Crippen molar-refractivity contribution in [2.24, 2.45) is 0 Å². The topological polar surface area (TPSA) is 89.3 Å². The van der Waals surface area contributed by atoms with Crippen LogP contribution >= 0.6 is 11.6 Å². The maximum absolute atomic E-state index is 11.5. The minimum absolute atomic E-state index is 0.0890. The number of hydrogen-bond acceptors (Lipinski definition) is 5. The molecular formula is C15H15ClN2O4S. The summed E-state index contributed by atoms with van der Waals surface area (Å²) in [7, 11) is -3.51. The van der Waals surface area contributed by atoms with Crippen molar-refractivity contribution in [2.45, 2.75) is 17.9 Å². The number of hydrogen-bond donors (Lipinski definition) is 1. The van der Waals surface area contributed by atoms with E-state index < -0.39 is 14.8 Å². The number of benzene rings is 2. The van der Waals surface area contributed by atoms with E-state index in [1.165, 1.54) is 12.1 Å². The van der Waals surface area contributed by atoms with E-state index in [9.17, 15) is 18.5 Å². The van der Waals surface area contributed by atoms with E-state index in [4.69, 9.17) is 11.6 Å². The molecule has 0 aliphatic rings. The maximum atomic E-state index is 11.5. The zero-order chi connectivity index (χ0) is 17.2. The van der Waals surface area contributed by atoms with Gasteiger partial charge in [0.05, 0.1) is 9.82 Å². The average molecular weight is 355 g/mol. The third-order valence-electron chi connectivity index (χ3n) is 3.34. The van der Waals surface area contributed by atoms with E-state index >= 15 is 0 Å². The van der Waals surface area contributed by atoms with Crippen LogP contribution in [0.1, 0.15) is 18.5 Å². The van der Waals surface area contributed by atoms with Crippen LogP contribution in [-0.2, 0) is 9.84 Å². The van der Waals surface area contributed by atoms with E-state index in [0.29, 0.717) is 5.02 Å². The summed E-state index contributed by atoms with van der Waals surface area (Å²) in [5.41, 5.74) is 0.870. The van der Waals surface area contributed by atoms with Gasteiger partial charge in [-0.1, -0.05) is 23.7 Å². The molecule has 2 aromatic carbocycles. The van der Waals surface area contributed by atoms with Crippen LogP contribution in [0.15, 0.2) is 47.4 Å².